The van der Waals surface area contributed by atoms with Gasteiger partial charge in [0, 0.05) is 4.92 Å². The van der Waals surface area contributed by atoms with Crippen LogP contribution in [0.3, 0.4) is 0 Å². The molecular formula is C7H6FNO2. The molecule has 0 bridgehead atoms. The van der Waals surface area contributed by atoms with Gasteiger partial charge in [0.05, 0.1) is 5.56 Å². The zero-order valence-electron chi connectivity index (χ0n) is 5.66. The van der Waals surface area contributed by atoms with E-state index in [0.29, 0.717) is 0 Å². The minimum absolute atomic E-state index is 0.123. The molecule has 58 valence electrons. The summed E-state index contributed by atoms with van der Waals surface area (Å²) in [4.78, 5) is 9.40. The zero-order chi connectivity index (χ0) is 8.27. The summed E-state index contributed by atoms with van der Waals surface area (Å²) in [6.45, 7) is -0.452. The van der Waals surface area contributed by atoms with E-state index in [1.54, 1.807) is 6.07 Å². The molecule has 0 fully saturated rings. The van der Waals surface area contributed by atoms with Crippen molar-refractivity contribution in [2.75, 3.05) is 0 Å². The number of rotatable bonds is 2. The molecule has 0 atom stereocenters. The largest absolute Gasteiger partial charge is 0.264 e. The summed E-state index contributed by atoms with van der Waals surface area (Å²) in [7, 11) is 0. The molecule has 0 unspecified atom stereocenters. The Balaban J connectivity index is 2.86. The molecule has 0 aliphatic rings. The lowest BCUT2D eigenvalue weighted by atomic mass is 10.2. The van der Waals surface area contributed by atoms with Gasteiger partial charge < -0.3 is 0 Å². The fraction of sp³-hybridized carbons (Fsp3) is 0.143. The van der Waals surface area contributed by atoms with E-state index in [1.807, 2.05) is 0 Å². The number of nitro groups is 1. The highest BCUT2D eigenvalue weighted by Gasteiger charge is 2.05. The predicted molar refractivity (Wildman–Crippen MR) is 37.1 cm³/mol. The van der Waals surface area contributed by atoms with Crippen LogP contribution < -0.4 is 0 Å². The SMILES string of the molecule is O=[N+]([O-])Cc1ccccc1F. The van der Waals surface area contributed by atoms with Crippen molar-refractivity contribution in [1.82, 2.24) is 0 Å². The first-order valence-electron chi connectivity index (χ1n) is 3.05. The molecule has 1 aromatic rings. The van der Waals surface area contributed by atoms with Gasteiger partial charge in [-0.25, -0.2) is 4.39 Å². The van der Waals surface area contributed by atoms with Gasteiger partial charge in [-0.1, -0.05) is 12.1 Å². The maximum Gasteiger partial charge on any atom is 0.231 e. The lowest BCUT2D eigenvalue weighted by Gasteiger charge is -1.94. The fourth-order valence-electron chi connectivity index (χ4n) is 0.766. The van der Waals surface area contributed by atoms with Crippen LogP contribution in [-0.2, 0) is 6.54 Å². The van der Waals surface area contributed by atoms with E-state index in [0.717, 1.165) is 0 Å². The number of hydrogen-bond acceptors (Lipinski definition) is 2. The first-order chi connectivity index (χ1) is 5.20. The van der Waals surface area contributed by atoms with Crippen LogP contribution in [0.25, 0.3) is 0 Å². The molecule has 3 nitrogen and oxygen atoms in total. The van der Waals surface area contributed by atoms with Gasteiger partial charge in [-0.05, 0) is 12.1 Å². The summed E-state index contributed by atoms with van der Waals surface area (Å²) >= 11 is 0. The second kappa shape index (κ2) is 3.09. The monoisotopic (exact) mass is 155 g/mol. The highest BCUT2D eigenvalue weighted by atomic mass is 19.1. The Hall–Kier alpha value is -1.45. The van der Waals surface area contributed by atoms with Crippen LogP contribution in [0.5, 0.6) is 0 Å². The molecule has 0 heterocycles. The second-order valence-electron chi connectivity index (χ2n) is 2.08. The standard InChI is InChI=1S/C7H6FNO2/c8-7-4-2-1-3-6(7)5-9(10)11/h1-4H,5H2. The second-order valence-corrected chi connectivity index (χ2v) is 2.08. The van der Waals surface area contributed by atoms with E-state index in [1.165, 1.54) is 18.2 Å². The molecular weight excluding hydrogens is 149 g/mol. The van der Waals surface area contributed by atoms with Crippen molar-refractivity contribution in [2.45, 2.75) is 6.54 Å². The van der Waals surface area contributed by atoms with Crippen molar-refractivity contribution in [3.63, 3.8) is 0 Å². The number of benzene rings is 1. The summed E-state index contributed by atoms with van der Waals surface area (Å²) < 4.78 is 12.6. The molecule has 4 heteroatoms. The van der Waals surface area contributed by atoms with Crippen molar-refractivity contribution >= 4 is 0 Å². The number of hydrogen-bond donors (Lipinski definition) is 0. The first-order valence-corrected chi connectivity index (χ1v) is 3.05. The summed E-state index contributed by atoms with van der Waals surface area (Å²) in [5.74, 6) is -0.524. The normalized spacial score (nSPS) is 9.55. The molecule has 1 aromatic carbocycles. The Labute approximate surface area is 62.6 Å². The quantitative estimate of drug-likeness (QED) is 0.481. The summed E-state index contributed by atoms with van der Waals surface area (Å²) in [5.41, 5.74) is 0.123. The van der Waals surface area contributed by atoms with E-state index in [9.17, 15) is 14.5 Å². The Morgan fingerprint density at radius 2 is 2.09 bits per heavy atom. The fourth-order valence-corrected chi connectivity index (χ4v) is 0.766. The highest BCUT2D eigenvalue weighted by Crippen LogP contribution is 2.06. The Kier molecular flexibility index (Phi) is 2.15. The van der Waals surface area contributed by atoms with E-state index in [-0.39, 0.29) is 5.56 Å². The van der Waals surface area contributed by atoms with Crippen LogP contribution in [0.4, 0.5) is 4.39 Å². The van der Waals surface area contributed by atoms with Crippen molar-refractivity contribution < 1.29 is 9.31 Å². The summed E-state index contributed by atoms with van der Waals surface area (Å²) in [5, 5.41) is 9.96. The molecule has 0 aliphatic heterocycles. The molecule has 0 saturated heterocycles. The van der Waals surface area contributed by atoms with Crippen LogP contribution in [0.1, 0.15) is 5.56 Å². The summed E-state index contributed by atoms with van der Waals surface area (Å²) in [6, 6.07) is 5.68. The molecule has 0 saturated carbocycles. The molecule has 1 rings (SSSR count). The minimum atomic E-state index is -0.557. The predicted octanol–water partition coefficient (Wildman–Crippen LogP) is 1.60. The third kappa shape index (κ3) is 2.00. The zero-order valence-corrected chi connectivity index (χ0v) is 5.66. The summed E-state index contributed by atoms with van der Waals surface area (Å²) in [6.07, 6.45) is 0. The van der Waals surface area contributed by atoms with Crippen LogP contribution >= 0.6 is 0 Å². The molecule has 0 N–H and O–H groups in total. The van der Waals surface area contributed by atoms with Crippen molar-refractivity contribution in [2.24, 2.45) is 0 Å². The van der Waals surface area contributed by atoms with Crippen LogP contribution in [0.2, 0.25) is 0 Å². The average Bonchev–Trinajstić information content (AvgIpc) is 1.93. The Morgan fingerprint density at radius 3 is 2.64 bits per heavy atom. The lowest BCUT2D eigenvalue weighted by Crippen LogP contribution is -2.00. The van der Waals surface area contributed by atoms with E-state index in [4.69, 9.17) is 0 Å². The van der Waals surface area contributed by atoms with Gasteiger partial charge in [0.25, 0.3) is 0 Å². The van der Waals surface area contributed by atoms with Gasteiger partial charge in [0.1, 0.15) is 5.82 Å². The topological polar surface area (TPSA) is 43.1 Å². The molecule has 0 radical (unpaired) electrons. The number of nitrogens with zero attached hydrogens (tertiary/aromatic N) is 1. The molecule has 0 spiro atoms. The van der Waals surface area contributed by atoms with Crippen LogP contribution in [0, 0.1) is 15.9 Å². The Morgan fingerprint density at radius 1 is 1.45 bits per heavy atom. The van der Waals surface area contributed by atoms with Crippen LogP contribution in [0.15, 0.2) is 24.3 Å². The molecule has 0 amide bonds. The third-order valence-electron chi connectivity index (χ3n) is 1.26. The van der Waals surface area contributed by atoms with Gasteiger partial charge in [-0.15, -0.1) is 0 Å². The molecule has 0 aromatic heterocycles. The lowest BCUT2D eigenvalue weighted by molar-refractivity contribution is -0.497. The maximum atomic E-state index is 12.6. The van der Waals surface area contributed by atoms with E-state index >= 15 is 0 Å². The maximum absolute atomic E-state index is 12.6. The van der Waals surface area contributed by atoms with Gasteiger partial charge in [0.15, 0.2) is 0 Å². The van der Waals surface area contributed by atoms with Crippen molar-refractivity contribution in [3.8, 4) is 0 Å². The minimum Gasteiger partial charge on any atom is -0.264 e. The highest BCUT2D eigenvalue weighted by molar-refractivity contribution is 5.15. The van der Waals surface area contributed by atoms with Crippen LogP contribution in [-0.4, -0.2) is 4.92 Å². The third-order valence-corrected chi connectivity index (χ3v) is 1.26. The Bertz CT molecular complexity index is 275. The smallest absolute Gasteiger partial charge is 0.231 e. The van der Waals surface area contributed by atoms with E-state index in [2.05, 4.69) is 0 Å². The van der Waals surface area contributed by atoms with E-state index < -0.39 is 17.3 Å². The molecule has 0 aliphatic carbocycles. The van der Waals surface area contributed by atoms with Gasteiger partial charge >= 0.3 is 0 Å². The first kappa shape index (κ1) is 7.65. The average molecular weight is 155 g/mol. The van der Waals surface area contributed by atoms with Gasteiger partial charge in [-0.2, -0.15) is 0 Å². The van der Waals surface area contributed by atoms with Crippen molar-refractivity contribution in [3.05, 3.63) is 45.8 Å². The number of halogens is 1. The van der Waals surface area contributed by atoms with Crippen molar-refractivity contribution in [1.29, 1.82) is 0 Å². The van der Waals surface area contributed by atoms with Gasteiger partial charge in [-0.3, -0.25) is 10.1 Å². The molecule has 11 heavy (non-hydrogen) atoms. The van der Waals surface area contributed by atoms with Gasteiger partial charge in [0.2, 0.25) is 6.54 Å².